The molecule has 510 valence electrons. The number of unbranched alkanes of at least 4 members (excludes halogenated alkanes) is 2. The minimum absolute atomic E-state index is 0.0137. The minimum Gasteiger partial charge on any atom is -0.384 e. The van der Waals surface area contributed by atoms with E-state index >= 15 is 0 Å². The Bertz CT molecular complexity index is 3680. The highest BCUT2D eigenvalue weighted by atomic mass is 32.2. The molecule has 3 fully saturated rings. The molecule has 0 aromatic heterocycles. The number of nitrogens with one attached hydrogen (secondary N) is 4. The van der Waals surface area contributed by atoms with Gasteiger partial charge in [-0.15, -0.1) is 11.8 Å². The van der Waals surface area contributed by atoms with Gasteiger partial charge in [-0.3, -0.25) is 38.7 Å². The maximum atomic E-state index is 14.5. The lowest BCUT2D eigenvalue weighted by molar-refractivity contribution is -0.133. The highest BCUT2D eigenvalue weighted by molar-refractivity contribution is 7.99. The van der Waals surface area contributed by atoms with Crippen LogP contribution in [0.3, 0.4) is 0 Å². The van der Waals surface area contributed by atoms with E-state index in [-0.39, 0.29) is 58.9 Å². The van der Waals surface area contributed by atoms with E-state index in [1.54, 1.807) is 29.2 Å². The van der Waals surface area contributed by atoms with Crippen molar-refractivity contribution in [1.29, 1.82) is 0 Å². The quantitative estimate of drug-likeness (QED) is 0.00949. The molecule has 4 unspecified atom stereocenters. The minimum atomic E-state index is -6.19. The van der Waals surface area contributed by atoms with Crippen LogP contribution in [0.2, 0.25) is 0 Å². The van der Waals surface area contributed by atoms with Crippen LogP contribution >= 0.6 is 11.8 Å². The number of nitrogens with zero attached hydrogens (tertiary/aromatic N) is 5. The molecule has 19 nitrogen and oxygen atoms in total. The van der Waals surface area contributed by atoms with Gasteiger partial charge >= 0.3 is 5.51 Å². The Labute approximate surface area is 551 Å². The van der Waals surface area contributed by atoms with Crippen LogP contribution < -0.4 is 25.6 Å². The molecule has 0 radical (unpaired) electrons. The fourth-order valence-electron chi connectivity index (χ4n) is 13.4. The first-order valence-electron chi connectivity index (χ1n) is 32.1. The van der Waals surface area contributed by atoms with E-state index in [4.69, 9.17) is 0 Å². The number of carbonyl (C=O) groups is 6. The molecular formula is C67H84F5N9O10S3. The first kappa shape index (κ1) is 71.4. The zero-order valence-electron chi connectivity index (χ0n) is 53.5. The molecular weight excluding hydrogens is 1280 g/mol. The highest BCUT2D eigenvalue weighted by Gasteiger charge is 2.61. The lowest BCUT2D eigenvalue weighted by Crippen LogP contribution is -2.49. The van der Waals surface area contributed by atoms with Crippen molar-refractivity contribution in [1.82, 2.24) is 29.6 Å². The summed E-state index contributed by atoms with van der Waals surface area (Å²) < 4.78 is 128. The Morgan fingerprint density at radius 3 is 2.15 bits per heavy atom. The molecule has 2 aliphatic carbocycles. The summed E-state index contributed by atoms with van der Waals surface area (Å²) in [5.41, 5.74) is -2.74. The van der Waals surface area contributed by atoms with Gasteiger partial charge in [-0.1, -0.05) is 62.6 Å². The number of aldehydes is 1. The number of halogens is 5. The number of fused-ring (bicyclic) bond motifs is 1. The molecule has 5 amide bonds. The molecule has 4 N–H and O–H groups in total. The second-order valence-corrected chi connectivity index (χ2v) is 30.5. The van der Waals surface area contributed by atoms with Gasteiger partial charge in [-0.05, 0) is 130 Å². The standard InChI is InChI=1S/C67H84F5N9O10S3/c1-5-66(41-54(66)61(68)69)53-40-65(2,3)28-26-46(53)42-78-33-35-79(36-34-78)48-20-18-45(19-21-48)62(85)76-94(90,91)51-23-24-55(57(39-51)93(88,89)67(70,71)72)75-47(44-92-50-13-8-6-9-14-50)27-30-77-31-37-80(38-32-77)59(84)17-10-7-11-29-74-56-16-12-15-52-60(56)64(87)81(63(52)86)49(43-82)22-25-58(83)73-4/h6,8-9,12-16,18-21,23-24,39,43,47,49,54,61,74-75H,5,7,10-11,17,22,25-38,40-42,44H2,1-4H3,(H,73,83)(H,76,85). The van der Waals surface area contributed by atoms with Gasteiger partial charge in [0.25, 0.3) is 37.6 Å². The average molecular weight is 1370 g/mol. The lowest BCUT2D eigenvalue weighted by Gasteiger charge is -2.41. The third-order valence-corrected chi connectivity index (χ3v) is 23.1. The lowest BCUT2D eigenvalue weighted by atomic mass is 9.68. The fraction of sp³-hybridized carbons (Fsp3) is 0.522. The Balaban J connectivity index is 0.769. The Morgan fingerprint density at radius 1 is 0.798 bits per heavy atom. The van der Waals surface area contributed by atoms with Crippen molar-refractivity contribution in [3.05, 3.63) is 119 Å². The summed E-state index contributed by atoms with van der Waals surface area (Å²) in [6.45, 7) is 12.5. The smallest absolute Gasteiger partial charge is 0.384 e. The molecule has 27 heteroatoms. The van der Waals surface area contributed by atoms with E-state index in [1.165, 1.54) is 48.2 Å². The number of sulfone groups is 1. The van der Waals surface area contributed by atoms with Crippen molar-refractivity contribution in [2.24, 2.45) is 16.7 Å². The third-order valence-electron chi connectivity index (χ3n) is 19.1. The van der Waals surface area contributed by atoms with E-state index in [0.717, 1.165) is 53.4 Å². The average Bonchev–Trinajstić information content (AvgIpc) is 1.54. The molecule has 4 aromatic rings. The van der Waals surface area contributed by atoms with Gasteiger partial charge in [0.15, 0.2) is 0 Å². The predicted octanol–water partition coefficient (Wildman–Crippen LogP) is 9.88. The molecule has 4 atom stereocenters. The molecule has 3 aliphatic heterocycles. The van der Waals surface area contributed by atoms with Crippen LogP contribution in [0.15, 0.2) is 117 Å². The molecule has 1 saturated carbocycles. The topological polar surface area (TPSA) is 235 Å². The molecule has 0 bridgehead atoms. The van der Waals surface area contributed by atoms with Crippen LogP contribution in [0.1, 0.15) is 129 Å². The maximum absolute atomic E-state index is 14.5. The summed E-state index contributed by atoms with van der Waals surface area (Å²) in [6.07, 6.45) is 4.50. The number of imide groups is 1. The van der Waals surface area contributed by atoms with Gasteiger partial charge in [0.05, 0.1) is 27.8 Å². The van der Waals surface area contributed by atoms with Crippen LogP contribution in [-0.4, -0.2) is 181 Å². The van der Waals surface area contributed by atoms with Gasteiger partial charge in [-0.25, -0.2) is 30.3 Å². The summed E-state index contributed by atoms with van der Waals surface area (Å²) in [6, 6.07) is 20.7. The van der Waals surface area contributed by atoms with Crippen LogP contribution in [0.4, 0.5) is 39.0 Å². The Morgan fingerprint density at radius 2 is 1.50 bits per heavy atom. The predicted molar refractivity (Wildman–Crippen MR) is 350 cm³/mol. The van der Waals surface area contributed by atoms with E-state index in [0.29, 0.717) is 122 Å². The van der Waals surface area contributed by atoms with E-state index in [2.05, 4.69) is 44.5 Å². The van der Waals surface area contributed by atoms with Gasteiger partial charge in [-0.2, -0.15) is 13.2 Å². The van der Waals surface area contributed by atoms with Crippen LogP contribution in [0.5, 0.6) is 0 Å². The largest absolute Gasteiger partial charge is 0.501 e. The maximum Gasteiger partial charge on any atom is 0.501 e. The van der Waals surface area contributed by atoms with Crippen molar-refractivity contribution >= 4 is 84.5 Å². The number of hydrogen-bond acceptors (Lipinski definition) is 16. The number of amides is 5. The summed E-state index contributed by atoms with van der Waals surface area (Å²) in [5.74, 6) is -3.03. The second-order valence-electron chi connectivity index (χ2n) is 25.8. The molecule has 5 aliphatic rings. The monoisotopic (exact) mass is 1370 g/mol. The first-order chi connectivity index (χ1) is 44.7. The number of piperazine rings is 2. The summed E-state index contributed by atoms with van der Waals surface area (Å²) in [7, 11) is -9.70. The number of anilines is 3. The molecule has 9 rings (SSSR count). The first-order valence-corrected chi connectivity index (χ1v) is 36.1. The zero-order valence-corrected chi connectivity index (χ0v) is 55.9. The van der Waals surface area contributed by atoms with Crippen LogP contribution in [0.25, 0.3) is 0 Å². The normalized spacial score (nSPS) is 20.2. The second kappa shape index (κ2) is 30.4. The molecule has 3 heterocycles. The zero-order chi connectivity index (χ0) is 67.8. The summed E-state index contributed by atoms with van der Waals surface area (Å²) in [4.78, 5) is 85.2. The summed E-state index contributed by atoms with van der Waals surface area (Å²) in [5, 5.41) is 8.67. The number of hydrogen-bond donors (Lipinski definition) is 4. The van der Waals surface area contributed by atoms with Gasteiger partial charge in [0.2, 0.25) is 18.2 Å². The van der Waals surface area contributed by atoms with Gasteiger partial charge < -0.3 is 30.5 Å². The van der Waals surface area contributed by atoms with Gasteiger partial charge in [0.1, 0.15) is 11.2 Å². The van der Waals surface area contributed by atoms with E-state index < -0.39 is 88.4 Å². The SMILES string of the molecule is CCC1(C2=C(CN3CCN(c4ccc(C(=O)NS(=O)(=O)c5ccc(NC(CCN6CCN(C(=O)CCCCCNc7cccc8c7C(=O)N(C(C=O)CCC(=O)NC)C8=O)CC6)CSc6ccccc6)c(S(=O)(=O)C(F)(F)F)c5)cc4)CC3)CCC(C)(C)C2)CC1C(F)F. The number of rotatable bonds is 30. The Kier molecular flexibility index (Phi) is 23.1. The molecule has 94 heavy (non-hydrogen) atoms. The van der Waals surface area contributed by atoms with Crippen molar-refractivity contribution < 1.29 is 67.6 Å². The van der Waals surface area contributed by atoms with Crippen molar-refractivity contribution in [3.8, 4) is 0 Å². The van der Waals surface area contributed by atoms with E-state index in [9.17, 15) is 67.6 Å². The van der Waals surface area contributed by atoms with Crippen molar-refractivity contribution in [2.75, 3.05) is 100 Å². The van der Waals surface area contributed by atoms with Gasteiger partial charge in [0, 0.05) is 137 Å². The summed E-state index contributed by atoms with van der Waals surface area (Å²) >= 11 is 1.38. The number of allylic oxidation sites excluding steroid dienone is 1. The van der Waals surface area contributed by atoms with Crippen LogP contribution in [0, 0.1) is 16.7 Å². The number of benzene rings is 4. The van der Waals surface area contributed by atoms with Crippen molar-refractivity contribution in [2.45, 2.75) is 137 Å². The third kappa shape index (κ3) is 16.8. The molecule has 2 saturated heterocycles. The molecule has 0 spiro atoms. The number of thioether (sulfide) groups is 1. The fourth-order valence-corrected chi connectivity index (χ4v) is 16.4. The number of carbonyl (C=O) groups excluding carboxylic acids is 6. The van der Waals surface area contributed by atoms with Crippen LogP contribution in [-0.2, 0) is 34.2 Å². The van der Waals surface area contributed by atoms with Crippen molar-refractivity contribution in [3.63, 3.8) is 0 Å². The Hall–Kier alpha value is -6.94. The molecule has 4 aromatic carbocycles. The number of alkyl halides is 5. The highest BCUT2D eigenvalue weighted by Crippen LogP contribution is 2.66. The van der Waals surface area contributed by atoms with E-state index in [1.807, 2.05) is 42.0 Å². The number of sulfonamides is 1.